The first-order chi connectivity index (χ1) is 9.70. The molecular formula is C12H16F3NO5. The van der Waals surface area contributed by atoms with E-state index in [-0.39, 0.29) is 11.8 Å². The van der Waals surface area contributed by atoms with Gasteiger partial charge in [-0.1, -0.05) is 6.07 Å². The van der Waals surface area contributed by atoms with Crippen LogP contribution in [-0.2, 0) is 15.8 Å². The van der Waals surface area contributed by atoms with E-state index in [0.29, 0.717) is 6.61 Å². The van der Waals surface area contributed by atoms with Crippen molar-refractivity contribution < 1.29 is 38.0 Å². The molecule has 0 aliphatic heterocycles. The molecule has 1 rings (SSSR count). The van der Waals surface area contributed by atoms with Gasteiger partial charge < -0.3 is 9.84 Å². The number of rotatable bonds is 4. The zero-order valence-electron chi connectivity index (χ0n) is 11.3. The molecule has 0 spiro atoms. The van der Waals surface area contributed by atoms with E-state index in [9.17, 15) is 18.0 Å². The molecule has 1 atom stereocenters. The van der Waals surface area contributed by atoms with Gasteiger partial charge in [-0.05, 0) is 25.1 Å². The maximum Gasteiger partial charge on any atom is 0.416 e. The average molecular weight is 311 g/mol. The molecule has 9 heteroatoms. The van der Waals surface area contributed by atoms with Crippen molar-refractivity contribution in [1.29, 1.82) is 0 Å². The summed E-state index contributed by atoms with van der Waals surface area (Å²) in [6.07, 6.45) is -6.08. The first kappa shape index (κ1) is 19.2. The second-order valence-electron chi connectivity index (χ2n) is 3.88. The van der Waals surface area contributed by atoms with Crippen LogP contribution in [0.4, 0.5) is 23.7 Å². The van der Waals surface area contributed by atoms with Crippen LogP contribution in [0.25, 0.3) is 0 Å². The maximum absolute atomic E-state index is 12.1. The van der Waals surface area contributed by atoms with Gasteiger partial charge in [0.25, 0.3) is 0 Å². The Labute approximate surface area is 119 Å². The number of methoxy groups -OCH3 is 1. The van der Waals surface area contributed by atoms with Crippen LogP contribution in [0.15, 0.2) is 24.3 Å². The van der Waals surface area contributed by atoms with Crippen molar-refractivity contribution in [3.63, 3.8) is 0 Å². The molecule has 0 aliphatic carbocycles. The van der Waals surface area contributed by atoms with Crippen LogP contribution in [0.2, 0.25) is 0 Å². The molecule has 0 heterocycles. The lowest BCUT2D eigenvalue weighted by atomic mass is 10.2. The topological polar surface area (TPSA) is 88.0 Å². The number of amides is 1. The van der Waals surface area contributed by atoms with Crippen molar-refractivity contribution in [2.24, 2.45) is 0 Å². The zero-order valence-corrected chi connectivity index (χ0v) is 11.3. The van der Waals surface area contributed by atoms with Gasteiger partial charge in [0.2, 0.25) is 0 Å². The Morgan fingerprint density at radius 2 is 2.05 bits per heavy atom. The number of carbonyl (C=O) groups is 1. The van der Waals surface area contributed by atoms with Gasteiger partial charge in [0.1, 0.15) is 6.10 Å². The summed E-state index contributed by atoms with van der Waals surface area (Å²) in [5, 5.41) is 18.0. The summed E-state index contributed by atoms with van der Waals surface area (Å²) >= 11 is 0. The second-order valence-corrected chi connectivity index (χ2v) is 3.88. The Balaban J connectivity index is 0.000000486. The number of hydrogen-bond acceptors (Lipinski definition) is 4. The molecule has 0 saturated carbocycles. The van der Waals surface area contributed by atoms with Crippen LogP contribution in [0.1, 0.15) is 12.5 Å². The van der Waals surface area contributed by atoms with Gasteiger partial charge in [0.15, 0.2) is 0 Å². The van der Waals surface area contributed by atoms with Crippen molar-refractivity contribution in [3.05, 3.63) is 29.8 Å². The number of ether oxygens (including phenoxy) is 1. The normalized spacial score (nSPS) is 12.1. The van der Waals surface area contributed by atoms with Gasteiger partial charge in [-0.25, -0.2) is 9.68 Å². The quantitative estimate of drug-likeness (QED) is 0.586. The highest BCUT2D eigenvalue weighted by Gasteiger charge is 2.30. The molecule has 1 unspecified atom stereocenters. The van der Waals surface area contributed by atoms with Crippen molar-refractivity contribution >= 4 is 11.8 Å². The van der Waals surface area contributed by atoms with Crippen LogP contribution in [0.3, 0.4) is 0 Å². The molecule has 3 N–H and O–H groups in total. The molecule has 1 amide bonds. The Morgan fingerprint density at radius 3 is 2.43 bits per heavy atom. The number of anilines is 1. The van der Waals surface area contributed by atoms with E-state index in [2.05, 4.69) is 9.62 Å². The first-order valence-corrected chi connectivity index (χ1v) is 5.67. The SMILES string of the molecule is COCC(C)OO.O=C(O)Nc1cccc(C(F)(F)F)c1. The highest BCUT2D eigenvalue weighted by atomic mass is 19.4. The minimum atomic E-state index is -4.46. The summed E-state index contributed by atoms with van der Waals surface area (Å²) in [5.74, 6) is 0. The van der Waals surface area contributed by atoms with Crippen molar-refractivity contribution in [3.8, 4) is 0 Å². The number of nitrogens with one attached hydrogen (secondary N) is 1. The molecule has 120 valence electrons. The third kappa shape index (κ3) is 8.84. The maximum atomic E-state index is 12.1. The smallest absolute Gasteiger partial charge is 0.416 e. The Morgan fingerprint density at radius 1 is 1.43 bits per heavy atom. The number of hydrogen-bond donors (Lipinski definition) is 3. The van der Waals surface area contributed by atoms with E-state index in [0.717, 1.165) is 18.2 Å². The van der Waals surface area contributed by atoms with E-state index in [1.165, 1.54) is 6.07 Å². The number of alkyl halides is 3. The highest BCUT2D eigenvalue weighted by molar-refractivity contribution is 5.82. The van der Waals surface area contributed by atoms with Crippen LogP contribution >= 0.6 is 0 Å². The van der Waals surface area contributed by atoms with Gasteiger partial charge in [0.05, 0.1) is 12.2 Å². The number of carboxylic acid groups (broad SMARTS) is 1. The standard InChI is InChI=1S/C8H6F3NO2.C4H10O3/c9-8(10,11)5-2-1-3-6(4-5)12-7(13)14;1-4(7-5)3-6-2/h1-4,12H,(H,13,14);4-5H,3H2,1-2H3. The fraction of sp³-hybridized carbons (Fsp3) is 0.417. The van der Waals surface area contributed by atoms with Gasteiger partial charge in [-0.15, -0.1) is 0 Å². The van der Waals surface area contributed by atoms with Crippen LogP contribution < -0.4 is 5.32 Å². The zero-order chi connectivity index (χ0) is 16.5. The summed E-state index contributed by atoms with van der Waals surface area (Å²) in [4.78, 5) is 14.0. The fourth-order valence-corrected chi connectivity index (χ4v) is 1.16. The van der Waals surface area contributed by atoms with Gasteiger partial charge in [0, 0.05) is 12.8 Å². The molecule has 0 bridgehead atoms. The van der Waals surface area contributed by atoms with Gasteiger partial charge in [-0.3, -0.25) is 10.6 Å². The predicted molar refractivity (Wildman–Crippen MR) is 68.1 cm³/mol. The molecule has 0 aromatic heterocycles. The van der Waals surface area contributed by atoms with E-state index >= 15 is 0 Å². The van der Waals surface area contributed by atoms with Crippen molar-refractivity contribution in [2.75, 3.05) is 19.0 Å². The van der Waals surface area contributed by atoms with Crippen molar-refractivity contribution in [1.82, 2.24) is 0 Å². The minimum Gasteiger partial charge on any atom is -0.465 e. The average Bonchev–Trinajstić information content (AvgIpc) is 2.38. The summed E-state index contributed by atoms with van der Waals surface area (Å²) in [5.41, 5.74) is -0.990. The lowest BCUT2D eigenvalue weighted by Crippen LogP contribution is -2.11. The minimum absolute atomic E-state index is 0.104. The van der Waals surface area contributed by atoms with Gasteiger partial charge in [-0.2, -0.15) is 13.2 Å². The molecular weight excluding hydrogens is 295 g/mol. The van der Waals surface area contributed by atoms with E-state index in [1.807, 2.05) is 5.32 Å². The Kier molecular flexibility index (Phi) is 8.36. The first-order valence-electron chi connectivity index (χ1n) is 5.67. The molecule has 21 heavy (non-hydrogen) atoms. The summed E-state index contributed by atoms with van der Waals surface area (Å²) in [7, 11) is 1.55. The summed E-state index contributed by atoms with van der Waals surface area (Å²) in [6.45, 7) is 2.14. The molecule has 1 aromatic carbocycles. The van der Waals surface area contributed by atoms with Crippen LogP contribution in [0.5, 0.6) is 0 Å². The third-order valence-electron chi connectivity index (χ3n) is 2.02. The molecule has 6 nitrogen and oxygen atoms in total. The van der Waals surface area contributed by atoms with Crippen LogP contribution in [-0.4, -0.2) is 36.3 Å². The summed E-state index contributed by atoms with van der Waals surface area (Å²) in [6, 6.07) is 3.97. The highest BCUT2D eigenvalue weighted by Crippen LogP contribution is 2.30. The Bertz CT molecular complexity index is 439. The number of benzene rings is 1. The number of halogens is 3. The Hall–Kier alpha value is -1.84. The van der Waals surface area contributed by atoms with Crippen molar-refractivity contribution in [2.45, 2.75) is 19.2 Å². The van der Waals surface area contributed by atoms with Gasteiger partial charge >= 0.3 is 12.3 Å². The van der Waals surface area contributed by atoms with Crippen LogP contribution in [0, 0.1) is 0 Å². The molecule has 1 aromatic rings. The third-order valence-corrected chi connectivity index (χ3v) is 2.02. The van der Waals surface area contributed by atoms with E-state index < -0.39 is 17.8 Å². The van der Waals surface area contributed by atoms with E-state index in [4.69, 9.17) is 10.4 Å². The fourth-order valence-electron chi connectivity index (χ4n) is 1.16. The second kappa shape index (κ2) is 9.16. The monoisotopic (exact) mass is 311 g/mol. The lowest BCUT2D eigenvalue weighted by molar-refractivity contribution is -0.281. The predicted octanol–water partition coefficient (Wildman–Crippen LogP) is 3.31. The largest absolute Gasteiger partial charge is 0.465 e. The lowest BCUT2D eigenvalue weighted by Gasteiger charge is -2.07. The van der Waals surface area contributed by atoms with E-state index in [1.54, 1.807) is 14.0 Å². The summed E-state index contributed by atoms with van der Waals surface area (Å²) < 4.78 is 41.0. The molecule has 0 saturated heterocycles. The molecule has 0 aliphatic rings. The molecule has 0 fully saturated rings. The molecule has 0 radical (unpaired) electrons.